The van der Waals surface area contributed by atoms with Crippen LogP contribution in [0.5, 0.6) is 5.88 Å². The number of hydrogen-bond donors (Lipinski definition) is 2. The molecule has 1 aromatic carbocycles. The molecule has 0 saturated heterocycles. The number of nitrogens with one attached hydrogen (secondary N) is 1. The highest BCUT2D eigenvalue weighted by atomic mass is 16.3. The molecule has 0 fully saturated rings. The highest BCUT2D eigenvalue weighted by Crippen LogP contribution is 2.25. The number of H-pyrrole nitrogens is 1. The maximum atomic E-state index is 12.8. The van der Waals surface area contributed by atoms with Crippen LogP contribution in [0.3, 0.4) is 0 Å². The lowest BCUT2D eigenvalue weighted by molar-refractivity contribution is 0.435. The standard InChI is InChI=1S/C16H11N7O2/c24-14-11-6-2-1-5-10(11)12(9-18-16-19-21-22-20-16)15(25)23(14)13-7-3-4-8-17-13/h1-9,25H,(H,19,20,21,22)/b18-9+. The van der Waals surface area contributed by atoms with Gasteiger partial charge in [-0.05, 0) is 23.4 Å². The fraction of sp³-hybridized carbons (Fsp3) is 0. The number of fused-ring (bicyclic) bond motifs is 1. The van der Waals surface area contributed by atoms with Crippen molar-refractivity contribution in [3.05, 3.63) is 64.6 Å². The van der Waals surface area contributed by atoms with E-state index in [4.69, 9.17) is 0 Å². The number of aromatic nitrogens is 6. The zero-order valence-corrected chi connectivity index (χ0v) is 12.7. The number of aliphatic imine (C=N–C) groups is 1. The number of hydrogen-bond acceptors (Lipinski definition) is 7. The van der Waals surface area contributed by atoms with Crippen LogP contribution in [-0.2, 0) is 0 Å². The topological polar surface area (TPSA) is 122 Å². The van der Waals surface area contributed by atoms with Gasteiger partial charge in [-0.15, -0.1) is 5.10 Å². The lowest BCUT2D eigenvalue weighted by Crippen LogP contribution is -2.20. The highest BCUT2D eigenvalue weighted by molar-refractivity contribution is 6.02. The van der Waals surface area contributed by atoms with Crippen molar-refractivity contribution in [2.24, 2.45) is 4.99 Å². The predicted octanol–water partition coefficient (Wildman–Crippen LogP) is 1.35. The first kappa shape index (κ1) is 14.7. The second-order valence-corrected chi connectivity index (χ2v) is 5.08. The normalized spacial score (nSPS) is 11.4. The Labute approximate surface area is 140 Å². The van der Waals surface area contributed by atoms with Gasteiger partial charge in [-0.1, -0.05) is 29.4 Å². The lowest BCUT2D eigenvalue weighted by atomic mass is 10.1. The quantitative estimate of drug-likeness (QED) is 0.546. The summed E-state index contributed by atoms with van der Waals surface area (Å²) >= 11 is 0. The molecule has 122 valence electrons. The van der Waals surface area contributed by atoms with Gasteiger partial charge in [-0.25, -0.2) is 14.5 Å². The molecule has 3 aromatic heterocycles. The molecule has 4 rings (SSSR count). The average molecular weight is 333 g/mol. The number of pyridine rings is 2. The number of aromatic amines is 1. The Morgan fingerprint density at radius 2 is 1.92 bits per heavy atom. The molecule has 2 N–H and O–H groups in total. The van der Waals surface area contributed by atoms with Gasteiger partial charge in [0.25, 0.3) is 11.5 Å². The number of tetrazole rings is 1. The predicted molar refractivity (Wildman–Crippen MR) is 90.4 cm³/mol. The van der Waals surface area contributed by atoms with Crippen molar-refractivity contribution >= 4 is 22.9 Å². The number of benzene rings is 1. The minimum Gasteiger partial charge on any atom is -0.494 e. The fourth-order valence-corrected chi connectivity index (χ4v) is 2.52. The van der Waals surface area contributed by atoms with Crippen molar-refractivity contribution in [1.82, 2.24) is 30.2 Å². The van der Waals surface area contributed by atoms with Gasteiger partial charge >= 0.3 is 0 Å². The second-order valence-electron chi connectivity index (χ2n) is 5.08. The lowest BCUT2D eigenvalue weighted by Gasteiger charge is -2.12. The summed E-state index contributed by atoms with van der Waals surface area (Å²) in [7, 11) is 0. The molecule has 0 bridgehead atoms. The van der Waals surface area contributed by atoms with Gasteiger partial charge in [-0.2, -0.15) is 5.21 Å². The van der Waals surface area contributed by atoms with Crippen molar-refractivity contribution < 1.29 is 5.11 Å². The van der Waals surface area contributed by atoms with Gasteiger partial charge in [0.1, 0.15) is 5.82 Å². The molecule has 0 saturated carbocycles. The van der Waals surface area contributed by atoms with E-state index >= 15 is 0 Å². The van der Waals surface area contributed by atoms with Crippen LogP contribution in [0.1, 0.15) is 5.56 Å². The van der Waals surface area contributed by atoms with Crippen molar-refractivity contribution in [2.75, 3.05) is 0 Å². The summed E-state index contributed by atoms with van der Waals surface area (Å²) in [5.41, 5.74) is -0.0193. The summed E-state index contributed by atoms with van der Waals surface area (Å²) in [6.07, 6.45) is 2.94. The van der Waals surface area contributed by atoms with Crippen LogP contribution < -0.4 is 5.56 Å². The van der Waals surface area contributed by atoms with Crippen molar-refractivity contribution in [2.45, 2.75) is 0 Å². The molecule has 0 spiro atoms. The van der Waals surface area contributed by atoms with Gasteiger partial charge in [-0.3, -0.25) is 4.79 Å². The Morgan fingerprint density at radius 1 is 1.12 bits per heavy atom. The van der Waals surface area contributed by atoms with Gasteiger partial charge in [0.05, 0.1) is 5.56 Å². The van der Waals surface area contributed by atoms with E-state index in [1.165, 1.54) is 6.21 Å². The molecule has 0 radical (unpaired) electrons. The summed E-state index contributed by atoms with van der Waals surface area (Å²) in [5, 5.41) is 24.9. The monoisotopic (exact) mass is 333 g/mol. The van der Waals surface area contributed by atoms with E-state index in [9.17, 15) is 9.90 Å². The number of aromatic hydroxyl groups is 1. The first-order chi connectivity index (χ1) is 12.3. The van der Waals surface area contributed by atoms with Crippen LogP contribution in [-0.4, -0.2) is 41.5 Å². The van der Waals surface area contributed by atoms with Crippen LogP contribution in [0, 0.1) is 0 Å². The minimum absolute atomic E-state index is 0.110. The first-order valence-corrected chi connectivity index (χ1v) is 7.31. The van der Waals surface area contributed by atoms with E-state index in [2.05, 4.69) is 30.6 Å². The van der Waals surface area contributed by atoms with Gasteiger partial charge in [0.2, 0.25) is 5.88 Å². The van der Waals surface area contributed by atoms with Crippen LogP contribution in [0.4, 0.5) is 5.95 Å². The van der Waals surface area contributed by atoms with Crippen LogP contribution in [0.2, 0.25) is 0 Å². The smallest absolute Gasteiger partial charge is 0.288 e. The molecular formula is C16H11N7O2. The van der Waals surface area contributed by atoms with Gasteiger partial charge in [0, 0.05) is 23.2 Å². The van der Waals surface area contributed by atoms with E-state index in [0.717, 1.165) is 4.57 Å². The van der Waals surface area contributed by atoms with Crippen molar-refractivity contribution in [1.29, 1.82) is 0 Å². The molecule has 0 aliphatic rings. The van der Waals surface area contributed by atoms with Crippen molar-refractivity contribution in [3.8, 4) is 11.7 Å². The molecule has 3 heterocycles. The summed E-state index contributed by atoms with van der Waals surface area (Å²) in [4.78, 5) is 21.0. The van der Waals surface area contributed by atoms with E-state index in [-0.39, 0.29) is 17.4 Å². The molecule has 0 amide bonds. The minimum atomic E-state index is -0.372. The molecule has 9 nitrogen and oxygen atoms in total. The van der Waals surface area contributed by atoms with Crippen LogP contribution in [0.25, 0.3) is 16.6 Å². The Kier molecular flexibility index (Phi) is 3.51. The third kappa shape index (κ3) is 2.53. The summed E-state index contributed by atoms with van der Waals surface area (Å²) in [5.74, 6) is 0.152. The second kappa shape index (κ2) is 5.96. The van der Waals surface area contributed by atoms with Crippen molar-refractivity contribution in [3.63, 3.8) is 0 Å². The van der Waals surface area contributed by atoms with E-state index in [1.54, 1.807) is 48.7 Å². The molecule has 0 aliphatic heterocycles. The Morgan fingerprint density at radius 3 is 2.64 bits per heavy atom. The van der Waals surface area contributed by atoms with Crippen LogP contribution >= 0.6 is 0 Å². The Bertz CT molecular complexity index is 1120. The highest BCUT2D eigenvalue weighted by Gasteiger charge is 2.16. The Hall–Kier alpha value is -3.88. The van der Waals surface area contributed by atoms with Crippen LogP contribution in [0.15, 0.2) is 58.4 Å². The summed E-state index contributed by atoms with van der Waals surface area (Å²) in [6.45, 7) is 0. The third-order valence-electron chi connectivity index (χ3n) is 3.63. The molecule has 25 heavy (non-hydrogen) atoms. The number of nitrogens with zero attached hydrogens (tertiary/aromatic N) is 6. The maximum absolute atomic E-state index is 12.8. The largest absolute Gasteiger partial charge is 0.494 e. The van der Waals surface area contributed by atoms with Gasteiger partial charge in [0.15, 0.2) is 0 Å². The third-order valence-corrected chi connectivity index (χ3v) is 3.63. The van der Waals surface area contributed by atoms with Gasteiger partial charge < -0.3 is 5.11 Å². The maximum Gasteiger partial charge on any atom is 0.288 e. The zero-order valence-electron chi connectivity index (χ0n) is 12.7. The summed E-state index contributed by atoms with van der Waals surface area (Å²) in [6, 6.07) is 12.0. The average Bonchev–Trinajstić information content (AvgIpc) is 3.16. The SMILES string of the molecule is O=c1c2ccccc2c(/C=N/c2nn[nH]n2)c(O)n1-c1ccccn1. The van der Waals surface area contributed by atoms with E-state index in [1.807, 2.05) is 0 Å². The fourth-order valence-electron chi connectivity index (χ4n) is 2.52. The Balaban J connectivity index is 2.03. The zero-order chi connectivity index (χ0) is 17.2. The molecule has 4 aromatic rings. The number of rotatable bonds is 3. The molecular weight excluding hydrogens is 322 g/mol. The molecule has 0 atom stereocenters. The molecule has 0 aliphatic carbocycles. The summed E-state index contributed by atoms with van der Waals surface area (Å²) < 4.78 is 1.14. The first-order valence-electron chi connectivity index (χ1n) is 7.31. The van der Waals surface area contributed by atoms with E-state index < -0.39 is 0 Å². The molecule has 0 unspecified atom stereocenters. The van der Waals surface area contributed by atoms with E-state index in [0.29, 0.717) is 22.2 Å². The molecule has 9 heteroatoms.